The molecule has 3 heteroatoms. The number of anilines is 1. The third-order valence-electron chi connectivity index (χ3n) is 3.78. The second-order valence-electron chi connectivity index (χ2n) is 5.75. The van der Waals surface area contributed by atoms with Crippen molar-refractivity contribution in [3.05, 3.63) is 95.3 Å². The van der Waals surface area contributed by atoms with Crippen LogP contribution in [0.2, 0.25) is 0 Å². The number of hydrogen-bond donors (Lipinski definition) is 1. The lowest BCUT2D eigenvalue weighted by Crippen LogP contribution is -2.03. The summed E-state index contributed by atoms with van der Waals surface area (Å²) in [6.07, 6.45) is 0. The normalized spacial score (nSPS) is 10.4. The maximum atomic E-state index is 13.0. The maximum absolute atomic E-state index is 13.0. The molecule has 1 N–H and O–H groups in total. The molecule has 3 rings (SSSR count). The number of benzene rings is 3. The molecular formula is C21H20FNO. The smallest absolute Gasteiger partial charge is 0.124 e. The van der Waals surface area contributed by atoms with Gasteiger partial charge in [-0.2, -0.15) is 0 Å². The summed E-state index contributed by atoms with van der Waals surface area (Å²) in [7, 11) is 0. The van der Waals surface area contributed by atoms with E-state index in [2.05, 4.69) is 30.4 Å². The average Bonchev–Trinajstić information content (AvgIpc) is 2.60. The van der Waals surface area contributed by atoms with Crippen molar-refractivity contribution in [1.82, 2.24) is 0 Å². The van der Waals surface area contributed by atoms with Crippen LogP contribution < -0.4 is 10.1 Å². The Balaban J connectivity index is 1.65. The largest absolute Gasteiger partial charge is 0.489 e. The van der Waals surface area contributed by atoms with Crippen LogP contribution in [0.3, 0.4) is 0 Å². The fourth-order valence-corrected chi connectivity index (χ4v) is 2.52. The summed E-state index contributed by atoms with van der Waals surface area (Å²) in [4.78, 5) is 0. The van der Waals surface area contributed by atoms with Crippen molar-refractivity contribution >= 4 is 5.69 Å². The van der Waals surface area contributed by atoms with E-state index in [1.807, 2.05) is 30.3 Å². The Morgan fingerprint density at radius 2 is 1.71 bits per heavy atom. The SMILES string of the molecule is Cc1cccc(COc2ccccc2CNc2ccc(F)cc2)c1. The van der Waals surface area contributed by atoms with Gasteiger partial charge in [-0.1, -0.05) is 48.0 Å². The molecular weight excluding hydrogens is 301 g/mol. The van der Waals surface area contributed by atoms with Gasteiger partial charge in [0.25, 0.3) is 0 Å². The fraction of sp³-hybridized carbons (Fsp3) is 0.143. The van der Waals surface area contributed by atoms with Gasteiger partial charge in [-0.25, -0.2) is 4.39 Å². The summed E-state index contributed by atoms with van der Waals surface area (Å²) >= 11 is 0. The topological polar surface area (TPSA) is 21.3 Å². The highest BCUT2D eigenvalue weighted by Gasteiger charge is 2.04. The first-order valence-electron chi connectivity index (χ1n) is 7.96. The van der Waals surface area contributed by atoms with Crippen molar-refractivity contribution < 1.29 is 9.13 Å². The Hall–Kier alpha value is -2.81. The van der Waals surface area contributed by atoms with Gasteiger partial charge in [-0.3, -0.25) is 0 Å². The van der Waals surface area contributed by atoms with Crippen LogP contribution in [0.25, 0.3) is 0 Å². The Morgan fingerprint density at radius 3 is 2.50 bits per heavy atom. The molecule has 0 aliphatic carbocycles. The highest BCUT2D eigenvalue weighted by atomic mass is 19.1. The third kappa shape index (κ3) is 4.35. The molecule has 2 nitrogen and oxygen atoms in total. The van der Waals surface area contributed by atoms with Gasteiger partial charge >= 0.3 is 0 Å². The first-order chi connectivity index (χ1) is 11.7. The van der Waals surface area contributed by atoms with Crippen LogP contribution in [0.4, 0.5) is 10.1 Å². The standard InChI is InChI=1S/C21H20FNO/c1-16-5-4-6-17(13-16)15-24-21-8-3-2-7-18(21)14-23-20-11-9-19(22)10-12-20/h2-13,23H,14-15H2,1H3. The highest BCUT2D eigenvalue weighted by Crippen LogP contribution is 2.21. The van der Waals surface area contributed by atoms with E-state index in [0.29, 0.717) is 13.2 Å². The molecule has 24 heavy (non-hydrogen) atoms. The van der Waals surface area contributed by atoms with Crippen molar-refractivity contribution in [3.63, 3.8) is 0 Å². The van der Waals surface area contributed by atoms with Crippen LogP contribution >= 0.6 is 0 Å². The molecule has 0 unspecified atom stereocenters. The predicted octanol–water partition coefficient (Wildman–Crippen LogP) is 5.33. The Bertz CT molecular complexity index is 799. The molecule has 0 aromatic heterocycles. The number of hydrogen-bond acceptors (Lipinski definition) is 2. The van der Waals surface area contributed by atoms with Crippen LogP contribution in [0.5, 0.6) is 5.75 Å². The quantitative estimate of drug-likeness (QED) is 0.663. The van der Waals surface area contributed by atoms with Crippen LogP contribution in [-0.2, 0) is 13.2 Å². The zero-order chi connectivity index (χ0) is 16.8. The molecule has 0 heterocycles. The zero-order valence-corrected chi connectivity index (χ0v) is 13.6. The molecule has 0 fully saturated rings. The number of halogens is 1. The van der Waals surface area contributed by atoms with Gasteiger partial charge in [0.05, 0.1) is 0 Å². The third-order valence-corrected chi connectivity index (χ3v) is 3.78. The summed E-state index contributed by atoms with van der Waals surface area (Å²) < 4.78 is 18.9. The number of ether oxygens (including phenoxy) is 1. The lowest BCUT2D eigenvalue weighted by atomic mass is 10.1. The highest BCUT2D eigenvalue weighted by molar-refractivity contribution is 5.45. The predicted molar refractivity (Wildman–Crippen MR) is 95.7 cm³/mol. The summed E-state index contributed by atoms with van der Waals surface area (Å²) in [6, 6.07) is 22.6. The van der Waals surface area contributed by atoms with Crippen LogP contribution in [0.1, 0.15) is 16.7 Å². The summed E-state index contributed by atoms with van der Waals surface area (Å²) in [5.41, 5.74) is 4.32. The molecule has 3 aromatic carbocycles. The van der Waals surface area contributed by atoms with Gasteiger partial charge in [0.1, 0.15) is 18.2 Å². The van der Waals surface area contributed by atoms with E-state index in [-0.39, 0.29) is 5.82 Å². The van der Waals surface area contributed by atoms with Crippen LogP contribution in [0, 0.1) is 12.7 Å². The van der Waals surface area contributed by atoms with E-state index in [9.17, 15) is 4.39 Å². The van der Waals surface area contributed by atoms with E-state index in [0.717, 1.165) is 22.6 Å². The molecule has 0 saturated carbocycles. The second kappa shape index (κ2) is 7.64. The Morgan fingerprint density at radius 1 is 0.917 bits per heavy atom. The van der Waals surface area contributed by atoms with Crippen molar-refractivity contribution in [2.24, 2.45) is 0 Å². The van der Waals surface area contributed by atoms with Gasteiger partial charge < -0.3 is 10.1 Å². The van der Waals surface area contributed by atoms with Crippen LogP contribution in [-0.4, -0.2) is 0 Å². The molecule has 0 spiro atoms. The molecule has 0 bridgehead atoms. The second-order valence-corrected chi connectivity index (χ2v) is 5.75. The van der Waals surface area contributed by atoms with Gasteiger partial charge in [0, 0.05) is 17.8 Å². The first-order valence-corrected chi connectivity index (χ1v) is 7.96. The van der Waals surface area contributed by atoms with Crippen molar-refractivity contribution in [2.45, 2.75) is 20.1 Å². The van der Waals surface area contributed by atoms with E-state index in [1.54, 1.807) is 12.1 Å². The zero-order valence-electron chi connectivity index (χ0n) is 13.6. The number of para-hydroxylation sites is 1. The summed E-state index contributed by atoms with van der Waals surface area (Å²) in [5, 5.41) is 3.29. The average molecular weight is 321 g/mol. The minimum absolute atomic E-state index is 0.234. The number of rotatable bonds is 6. The van der Waals surface area contributed by atoms with E-state index < -0.39 is 0 Å². The first kappa shape index (κ1) is 16.1. The maximum Gasteiger partial charge on any atom is 0.124 e. The molecule has 3 aromatic rings. The summed E-state index contributed by atoms with van der Waals surface area (Å²) in [5.74, 6) is 0.621. The monoisotopic (exact) mass is 321 g/mol. The molecule has 0 aliphatic heterocycles. The van der Waals surface area contributed by atoms with Crippen molar-refractivity contribution in [3.8, 4) is 5.75 Å². The number of nitrogens with one attached hydrogen (secondary N) is 1. The molecule has 122 valence electrons. The molecule has 0 aliphatic rings. The van der Waals surface area contributed by atoms with Crippen molar-refractivity contribution in [1.29, 1.82) is 0 Å². The van der Waals surface area contributed by atoms with E-state index >= 15 is 0 Å². The van der Waals surface area contributed by atoms with Gasteiger partial charge in [-0.15, -0.1) is 0 Å². The lowest BCUT2D eigenvalue weighted by Gasteiger charge is -2.13. The lowest BCUT2D eigenvalue weighted by molar-refractivity contribution is 0.303. The van der Waals surface area contributed by atoms with E-state index in [4.69, 9.17) is 4.74 Å². The van der Waals surface area contributed by atoms with Gasteiger partial charge in [0.2, 0.25) is 0 Å². The molecule has 0 saturated heterocycles. The molecule has 0 radical (unpaired) electrons. The fourth-order valence-electron chi connectivity index (χ4n) is 2.52. The molecule has 0 amide bonds. The minimum Gasteiger partial charge on any atom is -0.489 e. The molecule has 0 atom stereocenters. The summed E-state index contributed by atoms with van der Waals surface area (Å²) in [6.45, 7) is 3.23. The van der Waals surface area contributed by atoms with Gasteiger partial charge in [-0.05, 0) is 42.8 Å². The minimum atomic E-state index is -0.234. The van der Waals surface area contributed by atoms with Crippen molar-refractivity contribution in [2.75, 3.05) is 5.32 Å². The van der Waals surface area contributed by atoms with Gasteiger partial charge in [0.15, 0.2) is 0 Å². The Labute approximate surface area is 141 Å². The number of aryl methyl sites for hydroxylation is 1. The van der Waals surface area contributed by atoms with E-state index in [1.165, 1.54) is 17.7 Å². The Kier molecular flexibility index (Phi) is 5.12. The van der Waals surface area contributed by atoms with Crippen LogP contribution in [0.15, 0.2) is 72.8 Å².